The standard InChI is InChI=1S/C10H13NO4S/c1-2-16(14,15)9-5-3-8(4-6-9)7-11-10(12)13/h3-6,11H,2,7H2,1H3,(H,12,13). The lowest BCUT2D eigenvalue weighted by Crippen LogP contribution is -2.19. The van der Waals surface area contributed by atoms with E-state index in [1.807, 2.05) is 0 Å². The predicted octanol–water partition coefficient (Wildman–Crippen LogP) is 1.25. The molecule has 6 heteroatoms. The van der Waals surface area contributed by atoms with Crippen LogP contribution >= 0.6 is 0 Å². The molecule has 0 aromatic heterocycles. The van der Waals surface area contributed by atoms with Crippen molar-refractivity contribution in [3.8, 4) is 0 Å². The highest BCUT2D eigenvalue weighted by atomic mass is 32.2. The van der Waals surface area contributed by atoms with E-state index in [0.717, 1.165) is 5.56 Å². The predicted molar refractivity (Wildman–Crippen MR) is 59.0 cm³/mol. The smallest absolute Gasteiger partial charge is 0.404 e. The number of hydrogen-bond acceptors (Lipinski definition) is 3. The zero-order valence-corrected chi connectivity index (χ0v) is 9.62. The molecule has 0 aliphatic heterocycles. The maximum absolute atomic E-state index is 11.5. The summed E-state index contributed by atoms with van der Waals surface area (Å²) in [6.07, 6.45) is -1.11. The summed E-state index contributed by atoms with van der Waals surface area (Å²) in [7, 11) is -3.18. The monoisotopic (exact) mass is 243 g/mol. The first-order valence-electron chi connectivity index (χ1n) is 4.74. The molecule has 5 nitrogen and oxygen atoms in total. The van der Waals surface area contributed by atoms with Crippen molar-refractivity contribution >= 4 is 15.9 Å². The van der Waals surface area contributed by atoms with Crippen LogP contribution in [0.25, 0.3) is 0 Å². The summed E-state index contributed by atoms with van der Waals surface area (Å²) in [5.41, 5.74) is 0.720. The molecule has 2 N–H and O–H groups in total. The second kappa shape index (κ2) is 4.98. The first kappa shape index (κ1) is 12.5. The number of carbonyl (C=O) groups is 1. The molecule has 0 saturated carbocycles. The first-order chi connectivity index (χ1) is 7.45. The van der Waals surface area contributed by atoms with E-state index in [1.165, 1.54) is 12.1 Å². The van der Waals surface area contributed by atoms with Gasteiger partial charge in [-0.15, -0.1) is 0 Å². The van der Waals surface area contributed by atoms with Crippen LogP contribution in [0.5, 0.6) is 0 Å². The van der Waals surface area contributed by atoms with E-state index in [9.17, 15) is 13.2 Å². The average molecular weight is 243 g/mol. The molecular weight excluding hydrogens is 230 g/mol. The summed E-state index contributed by atoms with van der Waals surface area (Å²) < 4.78 is 22.9. The average Bonchev–Trinajstić information content (AvgIpc) is 2.27. The van der Waals surface area contributed by atoms with Crippen molar-refractivity contribution in [3.05, 3.63) is 29.8 Å². The summed E-state index contributed by atoms with van der Waals surface area (Å²) in [5, 5.41) is 10.6. The van der Waals surface area contributed by atoms with Gasteiger partial charge in [0.1, 0.15) is 0 Å². The van der Waals surface area contributed by atoms with Crippen molar-refractivity contribution in [1.82, 2.24) is 5.32 Å². The van der Waals surface area contributed by atoms with Gasteiger partial charge in [0, 0.05) is 6.54 Å². The zero-order chi connectivity index (χ0) is 12.2. The number of rotatable bonds is 4. The summed E-state index contributed by atoms with van der Waals surface area (Å²) in [5.74, 6) is 0.0553. The molecule has 0 aliphatic carbocycles. The minimum absolute atomic E-state index is 0.0553. The van der Waals surface area contributed by atoms with Crippen LogP contribution in [-0.2, 0) is 16.4 Å². The van der Waals surface area contributed by atoms with E-state index in [-0.39, 0.29) is 17.2 Å². The first-order valence-corrected chi connectivity index (χ1v) is 6.39. The van der Waals surface area contributed by atoms with E-state index in [0.29, 0.717) is 0 Å². The summed E-state index contributed by atoms with van der Waals surface area (Å²) in [6, 6.07) is 6.16. The lowest BCUT2D eigenvalue weighted by atomic mass is 10.2. The van der Waals surface area contributed by atoms with Gasteiger partial charge in [0.25, 0.3) is 0 Å². The summed E-state index contributed by atoms with van der Waals surface area (Å²) >= 11 is 0. The topological polar surface area (TPSA) is 83.5 Å². The van der Waals surface area contributed by atoms with Crippen LogP contribution < -0.4 is 5.32 Å². The van der Waals surface area contributed by atoms with Gasteiger partial charge < -0.3 is 10.4 Å². The molecule has 1 rings (SSSR count). The van der Waals surface area contributed by atoms with Crippen molar-refractivity contribution < 1.29 is 18.3 Å². The second-order valence-electron chi connectivity index (χ2n) is 3.21. The molecule has 0 aliphatic rings. The second-order valence-corrected chi connectivity index (χ2v) is 5.48. The lowest BCUT2D eigenvalue weighted by Gasteiger charge is -2.04. The normalized spacial score (nSPS) is 11.1. The van der Waals surface area contributed by atoms with Gasteiger partial charge >= 0.3 is 6.09 Å². The Balaban J connectivity index is 2.80. The maximum atomic E-state index is 11.5. The van der Waals surface area contributed by atoms with Gasteiger partial charge in [-0.25, -0.2) is 13.2 Å². The molecule has 0 unspecified atom stereocenters. The van der Waals surface area contributed by atoms with Crippen LogP contribution in [0.3, 0.4) is 0 Å². The lowest BCUT2D eigenvalue weighted by molar-refractivity contribution is 0.194. The molecular formula is C10H13NO4S. The van der Waals surface area contributed by atoms with Crippen molar-refractivity contribution in [2.45, 2.75) is 18.4 Å². The Kier molecular flexibility index (Phi) is 3.89. The van der Waals surface area contributed by atoms with Gasteiger partial charge in [-0.05, 0) is 17.7 Å². The van der Waals surface area contributed by atoms with E-state index >= 15 is 0 Å². The maximum Gasteiger partial charge on any atom is 0.404 e. The number of benzene rings is 1. The number of sulfone groups is 1. The minimum atomic E-state index is -3.18. The fourth-order valence-corrected chi connectivity index (χ4v) is 2.04. The molecule has 0 heterocycles. The van der Waals surface area contributed by atoms with Crippen molar-refractivity contribution in [2.24, 2.45) is 0 Å². The fourth-order valence-electron chi connectivity index (χ4n) is 1.16. The molecule has 0 saturated heterocycles. The van der Waals surface area contributed by atoms with Crippen LogP contribution in [0.1, 0.15) is 12.5 Å². The largest absolute Gasteiger partial charge is 0.465 e. The SMILES string of the molecule is CCS(=O)(=O)c1ccc(CNC(=O)O)cc1. The highest BCUT2D eigenvalue weighted by molar-refractivity contribution is 7.91. The molecule has 0 bridgehead atoms. The van der Waals surface area contributed by atoms with Crippen LogP contribution in [0.4, 0.5) is 4.79 Å². The molecule has 0 radical (unpaired) electrons. The minimum Gasteiger partial charge on any atom is -0.465 e. The third-order valence-electron chi connectivity index (χ3n) is 2.11. The van der Waals surface area contributed by atoms with Crippen LogP contribution in [0.15, 0.2) is 29.2 Å². The summed E-state index contributed by atoms with van der Waals surface area (Å²) in [6.45, 7) is 1.75. The van der Waals surface area contributed by atoms with Gasteiger partial charge in [0.15, 0.2) is 9.84 Å². The van der Waals surface area contributed by atoms with Gasteiger partial charge in [-0.3, -0.25) is 0 Å². The Morgan fingerprint density at radius 1 is 1.31 bits per heavy atom. The summed E-state index contributed by atoms with van der Waals surface area (Å²) in [4.78, 5) is 10.5. The quantitative estimate of drug-likeness (QED) is 0.833. The Hall–Kier alpha value is -1.56. The van der Waals surface area contributed by atoms with Crippen molar-refractivity contribution in [2.75, 3.05) is 5.75 Å². The molecule has 1 aromatic carbocycles. The van der Waals surface area contributed by atoms with E-state index in [4.69, 9.17) is 5.11 Å². The highest BCUT2D eigenvalue weighted by Gasteiger charge is 2.10. The molecule has 16 heavy (non-hydrogen) atoms. The Morgan fingerprint density at radius 3 is 2.31 bits per heavy atom. The van der Waals surface area contributed by atoms with E-state index < -0.39 is 15.9 Å². The van der Waals surface area contributed by atoms with E-state index in [1.54, 1.807) is 19.1 Å². The third-order valence-corrected chi connectivity index (χ3v) is 3.86. The van der Waals surface area contributed by atoms with Crippen LogP contribution in [0, 0.1) is 0 Å². The Bertz CT molecular complexity index is 464. The molecule has 1 amide bonds. The Labute approximate surface area is 94.0 Å². The van der Waals surface area contributed by atoms with E-state index in [2.05, 4.69) is 5.32 Å². The number of hydrogen-bond donors (Lipinski definition) is 2. The number of amides is 1. The third kappa shape index (κ3) is 3.23. The molecule has 88 valence electrons. The van der Waals surface area contributed by atoms with Gasteiger partial charge in [-0.1, -0.05) is 19.1 Å². The molecule has 0 spiro atoms. The number of nitrogens with one attached hydrogen (secondary N) is 1. The van der Waals surface area contributed by atoms with Crippen molar-refractivity contribution in [1.29, 1.82) is 0 Å². The van der Waals surface area contributed by atoms with Gasteiger partial charge in [-0.2, -0.15) is 0 Å². The fraction of sp³-hybridized carbons (Fsp3) is 0.300. The molecule has 1 aromatic rings. The Morgan fingerprint density at radius 2 is 1.88 bits per heavy atom. The van der Waals surface area contributed by atoms with Crippen molar-refractivity contribution in [3.63, 3.8) is 0 Å². The van der Waals surface area contributed by atoms with Crippen LogP contribution in [0.2, 0.25) is 0 Å². The van der Waals surface area contributed by atoms with Gasteiger partial charge in [0.2, 0.25) is 0 Å². The highest BCUT2D eigenvalue weighted by Crippen LogP contribution is 2.12. The van der Waals surface area contributed by atoms with Crippen LogP contribution in [-0.4, -0.2) is 25.4 Å². The molecule has 0 atom stereocenters. The molecule has 0 fully saturated rings. The zero-order valence-electron chi connectivity index (χ0n) is 8.80. The number of carboxylic acid groups (broad SMARTS) is 1. The van der Waals surface area contributed by atoms with Gasteiger partial charge in [0.05, 0.1) is 10.6 Å².